The molecule has 3 heterocycles. The van der Waals surface area contributed by atoms with E-state index in [2.05, 4.69) is 64.9 Å². The van der Waals surface area contributed by atoms with E-state index < -0.39 is 0 Å². The van der Waals surface area contributed by atoms with Gasteiger partial charge in [-0.1, -0.05) is 6.07 Å². The Morgan fingerprint density at radius 3 is 2.40 bits per heavy atom. The van der Waals surface area contributed by atoms with E-state index in [1.165, 1.54) is 17.0 Å². The number of rotatable bonds is 5. The van der Waals surface area contributed by atoms with Crippen LogP contribution in [-0.2, 0) is 7.05 Å². The maximum Gasteiger partial charge on any atom is 0.174 e. The number of pyridine rings is 1. The zero-order valence-electron chi connectivity index (χ0n) is 18.1. The Balaban J connectivity index is 1.79. The van der Waals surface area contributed by atoms with Crippen LogP contribution in [0.1, 0.15) is 48.6 Å². The van der Waals surface area contributed by atoms with Crippen molar-refractivity contribution in [1.29, 1.82) is 0 Å². The third kappa shape index (κ3) is 3.67. The number of nitrogens with zero attached hydrogens (tertiary/aromatic N) is 3. The molecule has 1 aliphatic rings. The molecule has 4 rings (SSSR count). The normalized spacial score (nSPS) is 18.7. The molecule has 156 valence electrons. The molecule has 1 fully saturated rings. The highest BCUT2D eigenvalue weighted by Crippen LogP contribution is 2.43. The summed E-state index contributed by atoms with van der Waals surface area (Å²) in [6.45, 7) is 8.36. The third-order valence-electron chi connectivity index (χ3n) is 5.72. The van der Waals surface area contributed by atoms with Gasteiger partial charge in [-0.05, 0) is 87.9 Å². The zero-order valence-corrected chi connectivity index (χ0v) is 18.9. The standard InChI is InChI=1S/C24H28N4OS/c1-15(2)29-19-11-9-18(10-12-19)28-23(20-14-16(3)27(5)17(20)4)22(26-24(28)30)21-8-6-7-13-25-21/h6-15,22-23H,1-5H3,(H,26,30)/t22-,23+/m0/s1. The van der Waals surface area contributed by atoms with Crippen LogP contribution in [0.5, 0.6) is 5.75 Å². The molecule has 0 radical (unpaired) electrons. The number of benzene rings is 1. The van der Waals surface area contributed by atoms with Crippen molar-refractivity contribution < 1.29 is 4.74 Å². The van der Waals surface area contributed by atoms with Gasteiger partial charge in [0.15, 0.2) is 5.11 Å². The summed E-state index contributed by atoms with van der Waals surface area (Å²) in [6.07, 6.45) is 1.97. The number of ether oxygens (including phenoxy) is 1. The lowest BCUT2D eigenvalue weighted by Gasteiger charge is -2.28. The van der Waals surface area contributed by atoms with Gasteiger partial charge in [0.05, 0.1) is 23.9 Å². The summed E-state index contributed by atoms with van der Waals surface area (Å²) in [5.74, 6) is 0.858. The van der Waals surface area contributed by atoms with Crippen molar-refractivity contribution in [2.45, 2.75) is 45.9 Å². The molecule has 5 nitrogen and oxygen atoms in total. The van der Waals surface area contributed by atoms with E-state index >= 15 is 0 Å². The van der Waals surface area contributed by atoms with Crippen LogP contribution in [0, 0.1) is 13.8 Å². The van der Waals surface area contributed by atoms with E-state index in [1.807, 2.05) is 44.3 Å². The van der Waals surface area contributed by atoms with E-state index in [0.29, 0.717) is 5.11 Å². The van der Waals surface area contributed by atoms with Gasteiger partial charge in [-0.25, -0.2) is 0 Å². The van der Waals surface area contributed by atoms with Crippen LogP contribution in [0.25, 0.3) is 0 Å². The molecule has 2 atom stereocenters. The molecule has 0 amide bonds. The topological polar surface area (TPSA) is 42.3 Å². The van der Waals surface area contributed by atoms with Gasteiger partial charge < -0.3 is 19.5 Å². The Morgan fingerprint density at radius 1 is 1.10 bits per heavy atom. The lowest BCUT2D eigenvalue weighted by Crippen LogP contribution is -2.29. The average Bonchev–Trinajstić information content (AvgIpc) is 3.20. The van der Waals surface area contributed by atoms with E-state index in [-0.39, 0.29) is 18.2 Å². The Kier molecular flexibility index (Phi) is 5.52. The van der Waals surface area contributed by atoms with Crippen molar-refractivity contribution in [2.24, 2.45) is 7.05 Å². The van der Waals surface area contributed by atoms with Gasteiger partial charge in [-0.15, -0.1) is 0 Å². The fourth-order valence-corrected chi connectivity index (χ4v) is 4.44. The van der Waals surface area contributed by atoms with Gasteiger partial charge in [0.1, 0.15) is 5.75 Å². The maximum atomic E-state index is 5.82. The van der Waals surface area contributed by atoms with Gasteiger partial charge in [0, 0.05) is 30.3 Å². The Morgan fingerprint density at radius 2 is 1.83 bits per heavy atom. The smallest absolute Gasteiger partial charge is 0.174 e. The van der Waals surface area contributed by atoms with Crippen molar-refractivity contribution in [1.82, 2.24) is 14.9 Å². The Bertz CT molecular complexity index is 1040. The first kappa shape index (κ1) is 20.4. The summed E-state index contributed by atoms with van der Waals surface area (Å²) in [5, 5.41) is 4.23. The second-order valence-corrected chi connectivity index (χ2v) is 8.43. The molecule has 1 aromatic carbocycles. The van der Waals surface area contributed by atoms with Gasteiger partial charge in [-0.2, -0.15) is 0 Å². The fourth-order valence-electron chi connectivity index (χ4n) is 4.09. The summed E-state index contributed by atoms with van der Waals surface area (Å²) >= 11 is 5.81. The average molecular weight is 421 g/mol. The summed E-state index contributed by atoms with van der Waals surface area (Å²) < 4.78 is 8.04. The quantitative estimate of drug-likeness (QED) is 0.588. The molecular formula is C24H28N4OS. The predicted octanol–water partition coefficient (Wildman–Crippen LogP) is 5.00. The first-order valence-corrected chi connectivity index (χ1v) is 10.7. The van der Waals surface area contributed by atoms with Crippen LogP contribution >= 0.6 is 12.2 Å². The second kappa shape index (κ2) is 8.11. The van der Waals surface area contributed by atoms with E-state index in [4.69, 9.17) is 17.0 Å². The summed E-state index contributed by atoms with van der Waals surface area (Å²) in [6, 6.07) is 16.4. The SMILES string of the molecule is Cc1cc([C@@H]2[C@H](c3ccccn3)NC(=S)N2c2ccc(OC(C)C)cc2)c(C)n1C. The van der Waals surface area contributed by atoms with Crippen LogP contribution in [0.4, 0.5) is 5.69 Å². The summed E-state index contributed by atoms with van der Waals surface area (Å²) in [4.78, 5) is 6.83. The lowest BCUT2D eigenvalue weighted by molar-refractivity contribution is 0.242. The minimum atomic E-state index is -0.0363. The minimum absolute atomic E-state index is 0.00386. The molecule has 0 bridgehead atoms. The first-order valence-electron chi connectivity index (χ1n) is 10.3. The summed E-state index contributed by atoms with van der Waals surface area (Å²) in [5.41, 5.74) is 5.72. The largest absolute Gasteiger partial charge is 0.491 e. The molecule has 0 spiro atoms. The van der Waals surface area contributed by atoms with Gasteiger partial charge in [-0.3, -0.25) is 4.98 Å². The van der Waals surface area contributed by atoms with E-state index in [0.717, 1.165) is 17.1 Å². The molecule has 2 aromatic heterocycles. The first-order chi connectivity index (χ1) is 14.4. The van der Waals surface area contributed by atoms with E-state index in [9.17, 15) is 0 Å². The number of hydrogen-bond donors (Lipinski definition) is 1. The molecule has 1 N–H and O–H groups in total. The highest BCUT2D eigenvalue weighted by Gasteiger charge is 2.42. The van der Waals surface area contributed by atoms with Crippen LogP contribution in [0.2, 0.25) is 0 Å². The molecule has 1 saturated heterocycles. The van der Waals surface area contributed by atoms with E-state index in [1.54, 1.807) is 0 Å². The van der Waals surface area contributed by atoms with Crippen LogP contribution < -0.4 is 15.0 Å². The third-order valence-corrected chi connectivity index (χ3v) is 6.03. The van der Waals surface area contributed by atoms with Crippen molar-refractivity contribution in [2.75, 3.05) is 4.90 Å². The van der Waals surface area contributed by atoms with Crippen molar-refractivity contribution in [3.8, 4) is 5.75 Å². The molecule has 6 heteroatoms. The molecule has 1 aliphatic heterocycles. The molecule has 3 aromatic rings. The van der Waals surface area contributed by atoms with Crippen molar-refractivity contribution in [3.63, 3.8) is 0 Å². The molecule has 0 aliphatic carbocycles. The van der Waals surface area contributed by atoms with Gasteiger partial charge in [0.25, 0.3) is 0 Å². The van der Waals surface area contributed by atoms with Crippen molar-refractivity contribution >= 4 is 23.0 Å². The number of aryl methyl sites for hydroxylation is 1. The Hall–Kier alpha value is -2.86. The van der Waals surface area contributed by atoms with Crippen LogP contribution in [-0.4, -0.2) is 20.8 Å². The molecular weight excluding hydrogens is 392 g/mol. The zero-order chi connectivity index (χ0) is 21.4. The van der Waals surface area contributed by atoms with Gasteiger partial charge in [0.2, 0.25) is 0 Å². The number of hydrogen-bond acceptors (Lipinski definition) is 3. The molecule has 30 heavy (non-hydrogen) atoms. The molecule has 0 unspecified atom stereocenters. The van der Waals surface area contributed by atoms with Gasteiger partial charge >= 0.3 is 0 Å². The number of nitrogens with one attached hydrogen (secondary N) is 1. The maximum absolute atomic E-state index is 5.82. The fraction of sp³-hybridized carbons (Fsp3) is 0.333. The highest BCUT2D eigenvalue weighted by molar-refractivity contribution is 7.80. The van der Waals surface area contributed by atoms with Crippen molar-refractivity contribution in [3.05, 3.63) is 77.4 Å². The number of aromatic nitrogens is 2. The van der Waals surface area contributed by atoms with Crippen LogP contribution in [0.15, 0.2) is 54.7 Å². The summed E-state index contributed by atoms with van der Waals surface area (Å²) in [7, 11) is 2.10. The van der Waals surface area contributed by atoms with Crippen LogP contribution in [0.3, 0.4) is 0 Å². The predicted molar refractivity (Wildman–Crippen MR) is 125 cm³/mol. The highest BCUT2D eigenvalue weighted by atomic mass is 32.1. The Labute approximate surface area is 183 Å². The lowest BCUT2D eigenvalue weighted by atomic mass is 9.96. The monoisotopic (exact) mass is 420 g/mol. The number of thiocarbonyl (C=S) groups is 1. The number of anilines is 1. The minimum Gasteiger partial charge on any atom is -0.491 e. The second-order valence-electron chi connectivity index (χ2n) is 8.04. The molecule has 0 saturated carbocycles.